The summed E-state index contributed by atoms with van der Waals surface area (Å²) in [6.45, 7) is 0.193. The molecule has 0 bridgehead atoms. The third-order valence-corrected chi connectivity index (χ3v) is 2.24. The molecular weight excluding hydrogens is 237 g/mol. The molecule has 1 atom stereocenters. The van der Waals surface area contributed by atoms with Crippen LogP contribution >= 0.6 is 12.4 Å². The fourth-order valence-corrected chi connectivity index (χ4v) is 1.53. The van der Waals surface area contributed by atoms with Crippen molar-refractivity contribution in [2.24, 2.45) is 0 Å². The maximum absolute atomic E-state index is 13.0. The number of benzene rings is 1. The van der Waals surface area contributed by atoms with Crippen LogP contribution in [0.3, 0.4) is 0 Å². The van der Waals surface area contributed by atoms with E-state index in [1.807, 2.05) is 0 Å². The molecule has 0 unspecified atom stereocenters. The summed E-state index contributed by atoms with van der Waals surface area (Å²) in [5.41, 5.74) is 0.586. The lowest BCUT2D eigenvalue weighted by Crippen LogP contribution is -2.19. The molecule has 1 fully saturated rings. The first-order valence-corrected chi connectivity index (χ1v) is 4.47. The molecule has 2 rings (SSSR count). The summed E-state index contributed by atoms with van der Waals surface area (Å²) in [7, 11) is 1.49. The Morgan fingerprint density at radius 3 is 2.88 bits per heavy atom. The van der Waals surface area contributed by atoms with Gasteiger partial charge in [0.2, 0.25) is 0 Å². The Balaban J connectivity index is 0.00000128. The zero-order chi connectivity index (χ0) is 10.8. The van der Waals surface area contributed by atoms with E-state index in [2.05, 4.69) is 5.32 Å². The molecule has 1 heterocycles. The predicted octanol–water partition coefficient (Wildman–Crippen LogP) is 2.04. The molecule has 0 aromatic heterocycles. The van der Waals surface area contributed by atoms with Gasteiger partial charge in [0.05, 0.1) is 13.2 Å². The normalized spacial score (nSPS) is 18.4. The lowest BCUT2D eigenvalue weighted by molar-refractivity contribution is 0.177. The first-order chi connectivity index (χ1) is 7.20. The third kappa shape index (κ3) is 2.36. The van der Waals surface area contributed by atoms with Crippen LogP contribution in [0.15, 0.2) is 18.2 Å². The number of methoxy groups -OCH3 is 1. The molecule has 16 heavy (non-hydrogen) atoms. The number of alkyl carbamates (subject to hydrolysis) is 1. The monoisotopic (exact) mass is 247 g/mol. The number of amides is 1. The van der Waals surface area contributed by atoms with Crippen molar-refractivity contribution in [2.45, 2.75) is 6.04 Å². The van der Waals surface area contributed by atoms with Crippen LogP contribution in [0.1, 0.15) is 11.6 Å². The van der Waals surface area contributed by atoms with Gasteiger partial charge in [-0.25, -0.2) is 9.18 Å². The van der Waals surface area contributed by atoms with E-state index in [0.717, 1.165) is 0 Å². The molecule has 1 amide bonds. The summed E-state index contributed by atoms with van der Waals surface area (Å²) in [5.74, 6) is 0.166. The highest BCUT2D eigenvalue weighted by atomic mass is 35.5. The molecule has 0 saturated carbocycles. The molecule has 0 spiro atoms. The van der Waals surface area contributed by atoms with E-state index in [-0.39, 0.29) is 30.9 Å². The largest absolute Gasteiger partial charge is 0.496 e. The van der Waals surface area contributed by atoms with Gasteiger partial charge in [0.15, 0.2) is 0 Å². The van der Waals surface area contributed by atoms with E-state index in [1.54, 1.807) is 0 Å². The highest BCUT2D eigenvalue weighted by Crippen LogP contribution is 2.28. The molecular formula is C10H11ClFNO3. The van der Waals surface area contributed by atoms with Crippen LogP contribution in [0.4, 0.5) is 9.18 Å². The minimum Gasteiger partial charge on any atom is -0.496 e. The maximum Gasteiger partial charge on any atom is 0.407 e. The lowest BCUT2D eigenvalue weighted by atomic mass is 10.1. The molecule has 6 heteroatoms. The molecule has 0 radical (unpaired) electrons. The summed E-state index contributed by atoms with van der Waals surface area (Å²) in [5, 5.41) is 2.56. The predicted molar refractivity (Wildman–Crippen MR) is 57.4 cm³/mol. The van der Waals surface area contributed by atoms with Crippen molar-refractivity contribution < 1.29 is 18.7 Å². The van der Waals surface area contributed by atoms with Gasteiger partial charge < -0.3 is 14.8 Å². The number of carbonyl (C=O) groups is 1. The zero-order valence-electron chi connectivity index (χ0n) is 8.53. The number of carbonyl (C=O) groups excluding carboxylic acids is 1. The highest BCUT2D eigenvalue weighted by Gasteiger charge is 2.26. The zero-order valence-corrected chi connectivity index (χ0v) is 9.34. The number of rotatable bonds is 2. The van der Waals surface area contributed by atoms with Crippen molar-refractivity contribution in [3.63, 3.8) is 0 Å². The second kappa shape index (κ2) is 5.03. The van der Waals surface area contributed by atoms with Gasteiger partial charge in [-0.2, -0.15) is 0 Å². The van der Waals surface area contributed by atoms with E-state index < -0.39 is 6.09 Å². The van der Waals surface area contributed by atoms with E-state index in [9.17, 15) is 9.18 Å². The van der Waals surface area contributed by atoms with Gasteiger partial charge in [0.25, 0.3) is 0 Å². The molecule has 4 nitrogen and oxygen atoms in total. The van der Waals surface area contributed by atoms with Crippen LogP contribution in [0, 0.1) is 5.82 Å². The standard InChI is InChI=1S/C10H10FNO3.ClH/c1-14-9-3-2-6(11)4-7(9)8-5-15-10(13)12-8;/h2-4,8H,5H2,1H3,(H,12,13);1H/t8-;/m1./s1. The first-order valence-electron chi connectivity index (χ1n) is 4.47. The average molecular weight is 248 g/mol. The Morgan fingerprint density at radius 1 is 1.56 bits per heavy atom. The molecule has 1 N–H and O–H groups in total. The summed E-state index contributed by atoms with van der Waals surface area (Å²) in [6.07, 6.45) is -0.494. The number of cyclic esters (lactones) is 1. The molecule has 1 aliphatic rings. The van der Waals surface area contributed by atoms with Crippen LogP contribution in [0.5, 0.6) is 5.75 Å². The van der Waals surface area contributed by atoms with Gasteiger partial charge in [-0.15, -0.1) is 12.4 Å². The van der Waals surface area contributed by atoms with E-state index in [0.29, 0.717) is 11.3 Å². The SMILES string of the molecule is COc1ccc(F)cc1[C@H]1COC(=O)N1.Cl. The van der Waals surface area contributed by atoms with Gasteiger partial charge in [-0.1, -0.05) is 0 Å². The first kappa shape index (κ1) is 12.6. The van der Waals surface area contributed by atoms with Crippen molar-refractivity contribution in [2.75, 3.05) is 13.7 Å². The fraction of sp³-hybridized carbons (Fsp3) is 0.300. The Hall–Kier alpha value is -1.49. The van der Waals surface area contributed by atoms with Crippen LogP contribution in [-0.2, 0) is 4.74 Å². The molecule has 1 aromatic carbocycles. The smallest absolute Gasteiger partial charge is 0.407 e. The van der Waals surface area contributed by atoms with E-state index in [1.165, 1.54) is 25.3 Å². The van der Waals surface area contributed by atoms with Crippen LogP contribution in [-0.4, -0.2) is 19.8 Å². The molecule has 0 aliphatic carbocycles. The van der Waals surface area contributed by atoms with Crippen molar-refractivity contribution in [3.05, 3.63) is 29.6 Å². The molecule has 1 aromatic rings. The molecule has 1 aliphatic heterocycles. The van der Waals surface area contributed by atoms with Gasteiger partial charge >= 0.3 is 6.09 Å². The van der Waals surface area contributed by atoms with Crippen molar-refractivity contribution in [1.29, 1.82) is 0 Å². The number of nitrogens with one attached hydrogen (secondary N) is 1. The quantitative estimate of drug-likeness (QED) is 0.870. The van der Waals surface area contributed by atoms with Gasteiger partial charge in [0.1, 0.15) is 18.2 Å². The average Bonchev–Trinajstić information content (AvgIpc) is 2.65. The molecule has 88 valence electrons. The number of hydrogen-bond acceptors (Lipinski definition) is 3. The Labute approximate surface area is 98.1 Å². The van der Waals surface area contributed by atoms with Crippen LogP contribution in [0.2, 0.25) is 0 Å². The second-order valence-electron chi connectivity index (χ2n) is 3.18. The number of ether oxygens (including phenoxy) is 2. The second-order valence-corrected chi connectivity index (χ2v) is 3.18. The van der Waals surface area contributed by atoms with Crippen LogP contribution < -0.4 is 10.1 Å². The summed E-state index contributed by atoms with van der Waals surface area (Å²) in [6, 6.07) is 3.82. The summed E-state index contributed by atoms with van der Waals surface area (Å²) < 4.78 is 22.8. The van der Waals surface area contributed by atoms with Crippen molar-refractivity contribution >= 4 is 18.5 Å². The van der Waals surface area contributed by atoms with Crippen molar-refractivity contribution in [1.82, 2.24) is 5.32 Å². The lowest BCUT2D eigenvalue weighted by Gasteiger charge is -2.12. The summed E-state index contributed by atoms with van der Waals surface area (Å²) >= 11 is 0. The number of halogens is 2. The van der Waals surface area contributed by atoms with Gasteiger partial charge in [-0.05, 0) is 18.2 Å². The maximum atomic E-state index is 13.0. The van der Waals surface area contributed by atoms with Gasteiger partial charge in [0, 0.05) is 5.56 Å². The number of hydrogen-bond donors (Lipinski definition) is 1. The Kier molecular flexibility index (Phi) is 3.95. The van der Waals surface area contributed by atoms with Crippen LogP contribution in [0.25, 0.3) is 0 Å². The minimum absolute atomic E-state index is 0. The minimum atomic E-state index is -0.494. The topological polar surface area (TPSA) is 47.6 Å². The van der Waals surface area contributed by atoms with Gasteiger partial charge in [-0.3, -0.25) is 0 Å². The van der Waals surface area contributed by atoms with E-state index >= 15 is 0 Å². The van der Waals surface area contributed by atoms with E-state index in [4.69, 9.17) is 9.47 Å². The van der Waals surface area contributed by atoms with Crippen molar-refractivity contribution in [3.8, 4) is 5.75 Å². The Morgan fingerprint density at radius 2 is 2.31 bits per heavy atom. The third-order valence-electron chi connectivity index (χ3n) is 2.24. The highest BCUT2D eigenvalue weighted by molar-refractivity contribution is 5.85. The summed E-state index contributed by atoms with van der Waals surface area (Å²) in [4.78, 5) is 10.8. The fourth-order valence-electron chi connectivity index (χ4n) is 1.53. The molecule has 1 saturated heterocycles. The Bertz CT molecular complexity index is 400.